The van der Waals surface area contributed by atoms with Gasteiger partial charge in [0.05, 0.1) is 0 Å². The third-order valence-electron chi connectivity index (χ3n) is 3.65. The molecule has 1 N–H and O–H groups in total. The van der Waals surface area contributed by atoms with E-state index in [1.807, 2.05) is 0 Å². The van der Waals surface area contributed by atoms with Gasteiger partial charge in [0.2, 0.25) is 0 Å². The van der Waals surface area contributed by atoms with Crippen molar-refractivity contribution in [2.24, 2.45) is 0 Å². The minimum atomic E-state index is -0.419. The molecule has 22 heavy (non-hydrogen) atoms. The third kappa shape index (κ3) is 2.48. The van der Waals surface area contributed by atoms with Crippen LogP contribution < -0.4 is 5.63 Å². The highest BCUT2D eigenvalue weighted by Gasteiger charge is 2.26. The number of hydrogen-bond donors (Lipinski definition) is 1. The summed E-state index contributed by atoms with van der Waals surface area (Å²) in [5.74, 6) is 0.673. The molecule has 1 aliphatic rings. The zero-order valence-electron chi connectivity index (χ0n) is 11.6. The molecule has 0 atom stereocenters. The van der Waals surface area contributed by atoms with Crippen LogP contribution in [0.25, 0.3) is 11.0 Å². The molecule has 7 heteroatoms. The molecule has 0 amide bonds. The summed E-state index contributed by atoms with van der Waals surface area (Å²) in [7, 11) is 0. The average Bonchev–Trinajstić information content (AvgIpc) is 3.23. The first-order chi connectivity index (χ1) is 10.7. The van der Waals surface area contributed by atoms with Crippen molar-refractivity contribution in [3.63, 3.8) is 0 Å². The van der Waals surface area contributed by atoms with Crippen molar-refractivity contribution in [3.05, 3.63) is 46.6 Å². The number of nitrogens with zero attached hydrogens (tertiary/aromatic N) is 3. The molecule has 112 valence electrons. The van der Waals surface area contributed by atoms with Crippen molar-refractivity contribution in [1.82, 2.24) is 14.8 Å². The van der Waals surface area contributed by atoms with E-state index in [-0.39, 0.29) is 5.75 Å². The molecule has 0 radical (unpaired) electrons. The van der Waals surface area contributed by atoms with Gasteiger partial charge in [0, 0.05) is 29.3 Å². The van der Waals surface area contributed by atoms with E-state index < -0.39 is 5.63 Å². The number of rotatable bonds is 4. The van der Waals surface area contributed by atoms with Crippen molar-refractivity contribution in [1.29, 1.82) is 0 Å². The van der Waals surface area contributed by atoms with E-state index in [1.165, 1.54) is 25.0 Å². The topological polar surface area (TPSA) is 81.2 Å². The summed E-state index contributed by atoms with van der Waals surface area (Å²) in [5.41, 5.74) is 0.839. The van der Waals surface area contributed by atoms with Gasteiger partial charge in [-0.2, -0.15) is 0 Å². The zero-order valence-corrected chi connectivity index (χ0v) is 12.4. The minimum absolute atomic E-state index is 0.0777. The van der Waals surface area contributed by atoms with Crippen LogP contribution in [0, 0.1) is 0 Å². The second-order valence-electron chi connectivity index (χ2n) is 5.31. The van der Waals surface area contributed by atoms with Gasteiger partial charge in [0.15, 0.2) is 5.16 Å². The lowest BCUT2D eigenvalue weighted by Crippen LogP contribution is -2.00. The summed E-state index contributed by atoms with van der Waals surface area (Å²) in [6, 6.07) is 6.81. The summed E-state index contributed by atoms with van der Waals surface area (Å²) >= 11 is 1.55. The van der Waals surface area contributed by atoms with Crippen LogP contribution in [0.3, 0.4) is 0 Å². The zero-order chi connectivity index (χ0) is 15.1. The van der Waals surface area contributed by atoms with Crippen LogP contribution in [0.4, 0.5) is 0 Å². The molecule has 4 rings (SSSR count). The number of thioether (sulfide) groups is 1. The number of aromatic nitrogens is 3. The molecule has 1 fully saturated rings. The highest BCUT2D eigenvalue weighted by molar-refractivity contribution is 7.98. The molecule has 6 nitrogen and oxygen atoms in total. The van der Waals surface area contributed by atoms with Crippen LogP contribution in [0.1, 0.15) is 24.4 Å². The van der Waals surface area contributed by atoms with Gasteiger partial charge in [-0.15, -0.1) is 10.2 Å². The summed E-state index contributed by atoms with van der Waals surface area (Å²) in [4.78, 5) is 11.7. The van der Waals surface area contributed by atoms with E-state index in [2.05, 4.69) is 14.8 Å². The molecular weight excluding hydrogens is 302 g/mol. The molecule has 1 saturated carbocycles. The first-order valence-corrected chi connectivity index (χ1v) is 7.97. The Bertz CT molecular complexity index is 898. The van der Waals surface area contributed by atoms with Gasteiger partial charge in [-0.1, -0.05) is 11.8 Å². The van der Waals surface area contributed by atoms with Crippen LogP contribution in [-0.2, 0) is 5.75 Å². The maximum absolute atomic E-state index is 11.7. The molecule has 1 aliphatic carbocycles. The highest BCUT2D eigenvalue weighted by atomic mass is 32.2. The van der Waals surface area contributed by atoms with Gasteiger partial charge >= 0.3 is 5.63 Å². The number of hydrogen-bond acceptors (Lipinski definition) is 6. The second kappa shape index (κ2) is 5.17. The van der Waals surface area contributed by atoms with Gasteiger partial charge in [-0.3, -0.25) is 0 Å². The smallest absolute Gasteiger partial charge is 0.336 e. The van der Waals surface area contributed by atoms with E-state index in [9.17, 15) is 9.90 Å². The Morgan fingerprint density at radius 1 is 1.36 bits per heavy atom. The number of fused-ring (bicyclic) bond motifs is 1. The molecule has 3 aromatic rings. The SMILES string of the molecule is O=c1cc(CSc2nncn2C2CC2)c2ccc(O)cc2o1. The van der Waals surface area contributed by atoms with E-state index in [0.717, 1.165) is 16.1 Å². The summed E-state index contributed by atoms with van der Waals surface area (Å²) in [6.45, 7) is 0. The van der Waals surface area contributed by atoms with E-state index in [4.69, 9.17) is 4.42 Å². The lowest BCUT2D eigenvalue weighted by Gasteiger charge is -2.06. The maximum atomic E-state index is 11.7. The van der Waals surface area contributed by atoms with Crippen LogP contribution in [-0.4, -0.2) is 19.9 Å². The van der Waals surface area contributed by atoms with Crippen molar-refractivity contribution >= 4 is 22.7 Å². The Balaban J connectivity index is 1.66. The fourth-order valence-electron chi connectivity index (χ4n) is 2.42. The largest absolute Gasteiger partial charge is 0.508 e. The predicted octanol–water partition coefficient (Wildman–Crippen LogP) is 2.72. The Morgan fingerprint density at radius 3 is 3.05 bits per heavy atom. The van der Waals surface area contributed by atoms with E-state index in [1.54, 1.807) is 30.2 Å². The van der Waals surface area contributed by atoms with Crippen LogP contribution in [0.15, 0.2) is 45.0 Å². The fourth-order valence-corrected chi connectivity index (χ4v) is 3.39. The molecule has 0 aliphatic heterocycles. The molecule has 0 unspecified atom stereocenters. The molecule has 0 saturated heterocycles. The van der Waals surface area contributed by atoms with Gasteiger partial charge in [0.1, 0.15) is 17.7 Å². The number of aromatic hydroxyl groups is 1. The van der Waals surface area contributed by atoms with Crippen molar-refractivity contribution < 1.29 is 9.52 Å². The lowest BCUT2D eigenvalue weighted by atomic mass is 10.1. The van der Waals surface area contributed by atoms with Gasteiger partial charge in [0.25, 0.3) is 0 Å². The molecule has 0 bridgehead atoms. The quantitative estimate of drug-likeness (QED) is 0.589. The van der Waals surface area contributed by atoms with Crippen LogP contribution in [0.2, 0.25) is 0 Å². The van der Waals surface area contributed by atoms with Crippen molar-refractivity contribution in [2.45, 2.75) is 29.8 Å². The van der Waals surface area contributed by atoms with Crippen molar-refractivity contribution in [3.8, 4) is 5.75 Å². The Labute approximate surface area is 129 Å². The Kier molecular flexibility index (Phi) is 3.15. The number of phenols is 1. The van der Waals surface area contributed by atoms with Gasteiger partial charge < -0.3 is 14.1 Å². The predicted molar refractivity (Wildman–Crippen MR) is 82.0 cm³/mol. The van der Waals surface area contributed by atoms with Crippen LogP contribution in [0.5, 0.6) is 5.75 Å². The second-order valence-corrected chi connectivity index (χ2v) is 6.25. The monoisotopic (exact) mass is 315 g/mol. The number of phenolic OH excluding ortho intramolecular Hbond substituents is 1. The Morgan fingerprint density at radius 2 is 2.23 bits per heavy atom. The number of benzene rings is 1. The first kappa shape index (κ1) is 13.4. The van der Waals surface area contributed by atoms with Crippen LogP contribution >= 0.6 is 11.8 Å². The normalized spacial score (nSPS) is 14.5. The van der Waals surface area contributed by atoms with E-state index in [0.29, 0.717) is 17.4 Å². The molecule has 2 aromatic heterocycles. The van der Waals surface area contributed by atoms with Crippen molar-refractivity contribution in [2.75, 3.05) is 0 Å². The standard InChI is InChI=1S/C15H13N3O3S/c19-11-3-4-12-9(5-14(20)21-13(12)6-11)7-22-15-17-16-8-18(15)10-1-2-10/h3-6,8,10,19H,1-2,7H2. The molecule has 1 aromatic carbocycles. The maximum Gasteiger partial charge on any atom is 0.336 e. The van der Waals surface area contributed by atoms with E-state index >= 15 is 0 Å². The summed E-state index contributed by atoms with van der Waals surface area (Å²) in [5, 5.41) is 19.3. The molecular formula is C15H13N3O3S. The first-order valence-electron chi connectivity index (χ1n) is 6.99. The molecule has 0 spiro atoms. The minimum Gasteiger partial charge on any atom is -0.508 e. The Hall–Kier alpha value is -2.28. The molecule has 2 heterocycles. The summed E-state index contributed by atoms with van der Waals surface area (Å²) in [6.07, 6.45) is 4.10. The average molecular weight is 315 g/mol. The van der Waals surface area contributed by atoms with Gasteiger partial charge in [-0.25, -0.2) is 4.79 Å². The summed E-state index contributed by atoms with van der Waals surface area (Å²) < 4.78 is 7.22. The highest BCUT2D eigenvalue weighted by Crippen LogP contribution is 2.38. The third-order valence-corrected chi connectivity index (χ3v) is 4.66. The fraction of sp³-hybridized carbons (Fsp3) is 0.267. The lowest BCUT2D eigenvalue weighted by molar-refractivity contribution is 0.473. The van der Waals surface area contributed by atoms with Gasteiger partial charge in [-0.05, 0) is 30.5 Å².